The summed E-state index contributed by atoms with van der Waals surface area (Å²) in [7, 11) is 0. The summed E-state index contributed by atoms with van der Waals surface area (Å²) in [5.74, 6) is 0.746. The van der Waals surface area contributed by atoms with Gasteiger partial charge < -0.3 is 4.74 Å². The van der Waals surface area contributed by atoms with Crippen LogP contribution in [0, 0.1) is 23.2 Å². The first-order chi connectivity index (χ1) is 9.27. The Labute approximate surface area is 116 Å². The van der Waals surface area contributed by atoms with Crippen molar-refractivity contribution in [3.63, 3.8) is 0 Å². The molecule has 0 radical (unpaired) electrons. The van der Waals surface area contributed by atoms with Crippen LogP contribution in [0.4, 0.5) is 13.2 Å². The summed E-state index contributed by atoms with van der Waals surface area (Å²) in [6.45, 7) is 2.92. The Morgan fingerprint density at radius 1 is 1.10 bits per heavy atom. The van der Waals surface area contributed by atoms with Gasteiger partial charge in [-0.3, -0.25) is 0 Å². The largest absolute Gasteiger partial charge is 0.462 e. The van der Waals surface area contributed by atoms with Gasteiger partial charge in [0.05, 0.1) is 6.61 Å². The van der Waals surface area contributed by atoms with E-state index in [0.29, 0.717) is 17.8 Å². The molecule has 0 aliphatic heterocycles. The number of carbonyl (C=O) groups is 1. The van der Waals surface area contributed by atoms with Gasteiger partial charge in [-0.15, -0.1) is 0 Å². The lowest BCUT2D eigenvalue weighted by molar-refractivity contribution is -0.160. The fourth-order valence-corrected chi connectivity index (χ4v) is 4.89. The molecule has 0 amide bonds. The highest BCUT2D eigenvalue weighted by atomic mass is 19.4. The molecule has 112 valence electrons. The maximum Gasteiger partial charge on any atom is 0.422 e. The van der Waals surface area contributed by atoms with Crippen LogP contribution in [0.25, 0.3) is 0 Å². The molecule has 0 heterocycles. The van der Waals surface area contributed by atoms with Crippen LogP contribution in [0.2, 0.25) is 0 Å². The number of halogens is 3. The second kappa shape index (κ2) is 4.50. The van der Waals surface area contributed by atoms with E-state index in [0.717, 1.165) is 19.3 Å². The van der Waals surface area contributed by atoms with E-state index in [2.05, 4.69) is 6.58 Å². The molecular weight excluding hydrogens is 269 g/mol. The van der Waals surface area contributed by atoms with Crippen molar-refractivity contribution in [2.75, 3.05) is 6.61 Å². The molecule has 0 aromatic rings. The molecule has 5 heteroatoms. The number of hydrogen-bond donors (Lipinski definition) is 0. The third kappa shape index (κ3) is 2.47. The first-order valence-electron chi connectivity index (χ1n) is 7.21. The number of alkyl halides is 3. The fourth-order valence-electron chi connectivity index (χ4n) is 4.89. The topological polar surface area (TPSA) is 26.3 Å². The molecule has 4 saturated carbocycles. The molecule has 0 unspecified atom stereocenters. The molecule has 0 aromatic heterocycles. The Balaban J connectivity index is 1.61. The van der Waals surface area contributed by atoms with E-state index in [9.17, 15) is 18.0 Å². The smallest absolute Gasteiger partial charge is 0.422 e. The minimum absolute atomic E-state index is 0.0592. The van der Waals surface area contributed by atoms with Gasteiger partial charge in [-0.2, -0.15) is 13.2 Å². The Kier molecular flexibility index (Phi) is 3.14. The zero-order valence-electron chi connectivity index (χ0n) is 11.3. The normalized spacial score (nSPS) is 38.9. The van der Waals surface area contributed by atoms with E-state index in [1.54, 1.807) is 0 Å². The fraction of sp³-hybridized carbons (Fsp3) is 0.800. The summed E-state index contributed by atoms with van der Waals surface area (Å²) in [6.07, 6.45) is 2.08. The van der Waals surface area contributed by atoms with Crippen molar-refractivity contribution in [1.29, 1.82) is 0 Å². The van der Waals surface area contributed by atoms with Crippen molar-refractivity contribution in [2.45, 2.75) is 44.7 Å². The number of ether oxygens (including phenoxy) is 1. The molecule has 0 spiro atoms. The molecule has 0 aromatic carbocycles. The van der Waals surface area contributed by atoms with Crippen molar-refractivity contribution in [1.82, 2.24) is 0 Å². The maximum atomic E-state index is 12.4. The van der Waals surface area contributed by atoms with Gasteiger partial charge in [-0.1, -0.05) is 6.58 Å². The first kappa shape index (κ1) is 14.0. The van der Waals surface area contributed by atoms with Crippen molar-refractivity contribution in [2.24, 2.45) is 23.2 Å². The quantitative estimate of drug-likeness (QED) is 0.582. The third-order valence-corrected chi connectivity index (χ3v) is 5.26. The lowest BCUT2D eigenvalue weighted by atomic mass is 9.50. The highest BCUT2D eigenvalue weighted by molar-refractivity contribution is 5.89. The van der Waals surface area contributed by atoms with Gasteiger partial charge in [0.1, 0.15) is 5.57 Å². The zero-order valence-corrected chi connectivity index (χ0v) is 11.3. The van der Waals surface area contributed by atoms with Crippen LogP contribution >= 0.6 is 0 Å². The van der Waals surface area contributed by atoms with Crippen LogP contribution in [0.15, 0.2) is 12.2 Å². The summed E-state index contributed by atoms with van der Waals surface area (Å²) in [4.78, 5) is 11.4. The van der Waals surface area contributed by atoms with E-state index < -0.39 is 17.7 Å². The molecule has 4 fully saturated rings. The lowest BCUT2D eigenvalue weighted by Gasteiger charge is -2.56. The van der Waals surface area contributed by atoms with E-state index in [1.807, 2.05) is 0 Å². The van der Waals surface area contributed by atoms with Gasteiger partial charge in [0, 0.05) is 5.41 Å². The molecule has 0 saturated heterocycles. The predicted molar refractivity (Wildman–Crippen MR) is 66.8 cm³/mol. The van der Waals surface area contributed by atoms with Crippen LogP contribution in [0.1, 0.15) is 38.5 Å². The van der Waals surface area contributed by atoms with Crippen molar-refractivity contribution in [3.8, 4) is 0 Å². The Morgan fingerprint density at radius 2 is 1.55 bits per heavy atom. The average Bonchev–Trinajstić information content (AvgIpc) is 2.32. The standard InChI is InChI=1S/C15H19F3O2/c1-9(15(16,17)18)13(19)20-8-14-5-10-2-11(6-14)4-12(3-10)7-14/h10-12H,1-8H2. The van der Waals surface area contributed by atoms with Crippen LogP contribution < -0.4 is 0 Å². The van der Waals surface area contributed by atoms with Gasteiger partial charge >= 0.3 is 12.1 Å². The maximum absolute atomic E-state index is 12.4. The Hall–Kier alpha value is -1.00. The summed E-state index contributed by atoms with van der Waals surface area (Å²) in [5, 5.41) is 0. The highest BCUT2D eigenvalue weighted by Gasteiger charge is 2.51. The summed E-state index contributed by atoms with van der Waals surface area (Å²) in [5.41, 5.74) is -1.46. The van der Waals surface area contributed by atoms with Crippen LogP contribution in [-0.2, 0) is 9.53 Å². The second-order valence-corrected chi connectivity index (χ2v) is 6.97. The van der Waals surface area contributed by atoms with Crippen molar-refractivity contribution < 1.29 is 22.7 Å². The van der Waals surface area contributed by atoms with Crippen molar-refractivity contribution >= 4 is 5.97 Å². The number of carbonyl (C=O) groups excluding carboxylic acids is 1. The van der Waals surface area contributed by atoms with E-state index in [1.165, 1.54) is 19.3 Å². The molecule has 20 heavy (non-hydrogen) atoms. The monoisotopic (exact) mass is 288 g/mol. The highest BCUT2D eigenvalue weighted by Crippen LogP contribution is 2.60. The first-order valence-corrected chi connectivity index (χ1v) is 7.21. The molecule has 0 atom stereocenters. The number of hydrogen-bond acceptors (Lipinski definition) is 2. The van der Waals surface area contributed by atoms with Gasteiger partial charge in [0.2, 0.25) is 0 Å². The van der Waals surface area contributed by atoms with Crippen LogP contribution in [-0.4, -0.2) is 18.8 Å². The lowest BCUT2D eigenvalue weighted by Crippen LogP contribution is -2.48. The van der Waals surface area contributed by atoms with Crippen LogP contribution in [0.5, 0.6) is 0 Å². The van der Waals surface area contributed by atoms with Gasteiger partial charge in [-0.25, -0.2) is 4.79 Å². The number of esters is 1. The van der Waals surface area contributed by atoms with E-state index >= 15 is 0 Å². The van der Waals surface area contributed by atoms with Gasteiger partial charge in [-0.05, 0) is 56.3 Å². The minimum atomic E-state index is -4.70. The molecular formula is C15H19F3O2. The second-order valence-electron chi connectivity index (χ2n) is 6.97. The summed E-state index contributed by atoms with van der Waals surface area (Å²) in [6, 6.07) is 0. The summed E-state index contributed by atoms with van der Waals surface area (Å²) >= 11 is 0. The Bertz CT molecular complexity index is 404. The molecule has 4 bridgehead atoms. The minimum Gasteiger partial charge on any atom is -0.462 e. The van der Waals surface area contributed by atoms with E-state index in [-0.39, 0.29) is 12.0 Å². The SMILES string of the molecule is C=C(C(=O)OCC12CC3CC(CC(C3)C1)C2)C(F)(F)F. The molecule has 4 rings (SSSR count). The predicted octanol–water partition coefficient (Wildman–Crippen LogP) is 3.86. The van der Waals surface area contributed by atoms with E-state index in [4.69, 9.17) is 4.74 Å². The van der Waals surface area contributed by atoms with Gasteiger partial charge in [0.15, 0.2) is 0 Å². The molecule has 2 nitrogen and oxygen atoms in total. The number of rotatable bonds is 3. The molecule has 4 aliphatic carbocycles. The Morgan fingerprint density at radius 3 is 1.95 bits per heavy atom. The molecule has 4 aliphatic rings. The third-order valence-electron chi connectivity index (χ3n) is 5.26. The summed E-state index contributed by atoms with van der Waals surface area (Å²) < 4.78 is 42.1. The van der Waals surface area contributed by atoms with Crippen molar-refractivity contribution in [3.05, 3.63) is 12.2 Å². The van der Waals surface area contributed by atoms with Crippen LogP contribution in [0.3, 0.4) is 0 Å². The zero-order chi connectivity index (χ0) is 14.5. The molecule has 0 N–H and O–H groups in total. The average molecular weight is 288 g/mol. The van der Waals surface area contributed by atoms with Gasteiger partial charge in [0.25, 0.3) is 0 Å².